The molecule has 0 aromatic heterocycles. The van der Waals surface area contributed by atoms with Gasteiger partial charge in [-0.25, -0.2) is 0 Å². The van der Waals surface area contributed by atoms with Crippen molar-refractivity contribution >= 4 is 6.21 Å². The summed E-state index contributed by atoms with van der Waals surface area (Å²) >= 11 is 0. The Morgan fingerprint density at radius 1 is 0.808 bits per heavy atom. The van der Waals surface area contributed by atoms with Crippen molar-refractivity contribution in [3.05, 3.63) is 83.5 Å². The predicted octanol–water partition coefficient (Wildman–Crippen LogP) is 7.05. The second kappa shape index (κ2) is 11.3. The van der Waals surface area contributed by atoms with Crippen molar-refractivity contribution in [2.24, 2.45) is 4.99 Å². The van der Waals surface area contributed by atoms with E-state index in [2.05, 4.69) is 92.5 Å². The van der Waals surface area contributed by atoms with E-state index in [1.807, 2.05) is 6.21 Å². The molecule has 0 heterocycles. The van der Waals surface area contributed by atoms with Crippen LogP contribution in [-0.2, 0) is 6.42 Å². The molecule has 0 atom stereocenters. The van der Waals surface area contributed by atoms with Crippen LogP contribution in [0.15, 0.2) is 82.9 Å². The van der Waals surface area contributed by atoms with E-state index in [9.17, 15) is 0 Å². The second-order valence-electron chi connectivity index (χ2n) is 6.83. The Morgan fingerprint density at radius 2 is 1.50 bits per heavy atom. The molecule has 0 radical (unpaired) electrons. The van der Waals surface area contributed by atoms with E-state index in [4.69, 9.17) is 0 Å². The first-order valence-corrected chi connectivity index (χ1v) is 9.64. The molecule has 0 amide bonds. The summed E-state index contributed by atoms with van der Waals surface area (Å²) in [5.41, 5.74) is 6.51. The van der Waals surface area contributed by atoms with Crippen LogP contribution in [0.3, 0.4) is 0 Å². The highest BCUT2D eigenvalue weighted by molar-refractivity contribution is 5.78. The highest BCUT2D eigenvalue weighted by Gasteiger charge is 1.98. The Bertz CT molecular complexity index is 733. The first kappa shape index (κ1) is 19.9. The van der Waals surface area contributed by atoms with Crippen LogP contribution in [0.25, 0.3) is 11.1 Å². The molecule has 0 N–H and O–H groups in total. The summed E-state index contributed by atoms with van der Waals surface area (Å²) in [6.45, 7) is 7.21. The molecule has 1 nitrogen and oxygen atoms in total. The molecule has 0 fully saturated rings. The van der Waals surface area contributed by atoms with Gasteiger partial charge < -0.3 is 0 Å². The molecule has 26 heavy (non-hydrogen) atoms. The van der Waals surface area contributed by atoms with Crippen molar-refractivity contribution < 1.29 is 0 Å². The Balaban J connectivity index is 1.66. The molecular weight excluding hydrogens is 314 g/mol. The average molecular weight is 346 g/mol. The monoisotopic (exact) mass is 345 g/mol. The van der Waals surface area contributed by atoms with Gasteiger partial charge in [0.25, 0.3) is 0 Å². The normalized spacial score (nSPS) is 12.7. The maximum atomic E-state index is 4.53. The first-order chi connectivity index (χ1) is 12.7. The number of allylic oxidation sites excluding steroid dienone is 4. The third-order valence-electron chi connectivity index (χ3n) is 4.52. The Morgan fingerprint density at radius 3 is 2.19 bits per heavy atom. The third-order valence-corrected chi connectivity index (χ3v) is 4.52. The van der Waals surface area contributed by atoms with E-state index in [0.717, 1.165) is 19.4 Å². The number of unbranched alkanes of at least 4 members (excludes halogenated alkanes) is 2. The quantitative estimate of drug-likeness (QED) is 0.262. The standard InChI is InChI=1S/C25H31N/c1-4-21(2)19-22(3)20-26-18-10-6-7-11-23-14-16-25(17-15-23)24-12-8-5-9-13-24/h4-5,8-9,12-17,19-20H,6-7,10-11,18H2,1-3H3/b21-4-,22-19-,26-20?. The summed E-state index contributed by atoms with van der Waals surface area (Å²) in [6.07, 6.45) is 11.1. The lowest BCUT2D eigenvalue weighted by atomic mass is 10.0. The second-order valence-corrected chi connectivity index (χ2v) is 6.83. The van der Waals surface area contributed by atoms with Gasteiger partial charge in [-0.2, -0.15) is 0 Å². The zero-order valence-corrected chi connectivity index (χ0v) is 16.4. The maximum Gasteiger partial charge on any atom is 0.0389 e. The van der Waals surface area contributed by atoms with Gasteiger partial charge in [0.2, 0.25) is 0 Å². The fourth-order valence-electron chi connectivity index (χ4n) is 2.89. The van der Waals surface area contributed by atoms with Gasteiger partial charge in [-0.05, 0) is 62.3 Å². The molecule has 0 aliphatic rings. The van der Waals surface area contributed by atoms with Gasteiger partial charge in [-0.1, -0.05) is 78.7 Å². The molecule has 2 rings (SSSR count). The number of aryl methyl sites for hydroxylation is 1. The van der Waals surface area contributed by atoms with Crippen LogP contribution in [0.1, 0.15) is 45.6 Å². The van der Waals surface area contributed by atoms with Gasteiger partial charge in [0.1, 0.15) is 0 Å². The lowest BCUT2D eigenvalue weighted by molar-refractivity contribution is 0.688. The van der Waals surface area contributed by atoms with Crippen molar-refractivity contribution in [3.8, 4) is 11.1 Å². The van der Waals surface area contributed by atoms with E-state index >= 15 is 0 Å². The fraction of sp³-hybridized carbons (Fsp3) is 0.320. The van der Waals surface area contributed by atoms with Crippen LogP contribution in [0.4, 0.5) is 0 Å². The van der Waals surface area contributed by atoms with E-state index in [1.165, 1.54) is 40.7 Å². The minimum atomic E-state index is 0.924. The molecule has 0 aliphatic heterocycles. The molecule has 136 valence electrons. The van der Waals surface area contributed by atoms with Crippen LogP contribution >= 0.6 is 0 Å². The zero-order chi connectivity index (χ0) is 18.6. The minimum Gasteiger partial charge on any atom is -0.293 e. The van der Waals surface area contributed by atoms with Crippen molar-refractivity contribution in [3.63, 3.8) is 0 Å². The van der Waals surface area contributed by atoms with Gasteiger partial charge in [0, 0.05) is 12.8 Å². The van der Waals surface area contributed by atoms with Gasteiger partial charge in [-0.15, -0.1) is 0 Å². The van der Waals surface area contributed by atoms with Crippen molar-refractivity contribution in [1.82, 2.24) is 0 Å². The van der Waals surface area contributed by atoms with Gasteiger partial charge in [-0.3, -0.25) is 4.99 Å². The third kappa shape index (κ3) is 7.23. The fourth-order valence-corrected chi connectivity index (χ4v) is 2.89. The number of aliphatic imine (C=N–C) groups is 1. The number of rotatable bonds is 9. The van der Waals surface area contributed by atoms with Crippen LogP contribution in [0.2, 0.25) is 0 Å². The average Bonchev–Trinajstić information content (AvgIpc) is 2.68. The highest BCUT2D eigenvalue weighted by Crippen LogP contribution is 2.20. The van der Waals surface area contributed by atoms with E-state index in [-0.39, 0.29) is 0 Å². The van der Waals surface area contributed by atoms with E-state index in [1.54, 1.807) is 0 Å². The lowest BCUT2D eigenvalue weighted by Crippen LogP contribution is -1.89. The minimum absolute atomic E-state index is 0.924. The molecule has 2 aromatic carbocycles. The van der Waals surface area contributed by atoms with Crippen LogP contribution in [0.5, 0.6) is 0 Å². The summed E-state index contributed by atoms with van der Waals surface area (Å²) in [5, 5.41) is 0. The Labute approximate surface area is 159 Å². The molecule has 0 spiro atoms. The number of hydrogen-bond acceptors (Lipinski definition) is 1. The molecule has 0 unspecified atom stereocenters. The molecule has 0 saturated heterocycles. The highest BCUT2D eigenvalue weighted by atomic mass is 14.7. The number of nitrogens with zero attached hydrogens (tertiary/aromatic N) is 1. The van der Waals surface area contributed by atoms with Crippen molar-refractivity contribution in [2.45, 2.75) is 46.5 Å². The smallest absolute Gasteiger partial charge is 0.0389 e. The Hall–Kier alpha value is -2.41. The van der Waals surface area contributed by atoms with E-state index < -0.39 is 0 Å². The zero-order valence-electron chi connectivity index (χ0n) is 16.4. The molecule has 0 saturated carbocycles. The van der Waals surface area contributed by atoms with Crippen LogP contribution in [0, 0.1) is 0 Å². The summed E-state index contributed by atoms with van der Waals surface area (Å²) < 4.78 is 0. The Kier molecular flexibility index (Phi) is 8.62. The van der Waals surface area contributed by atoms with Gasteiger partial charge in [0.15, 0.2) is 0 Å². The predicted molar refractivity (Wildman–Crippen MR) is 116 cm³/mol. The van der Waals surface area contributed by atoms with Crippen LogP contribution in [-0.4, -0.2) is 12.8 Å². The maximum absolute atomic E-state index is 4.53. The van der Waals surface area contributed by atoms with Crippen LogP contribution < -0.4 is 0 Å². The molecule has 2 aromatic rings. The number of hydrogen-bond donors (Lipinski definition) is 0. The molecule has 1 heteroatoms. The molecule has 0 aliphatic carbocycles. The topological polar surface area (TPSA) is 12.4 Å². The molecule has 0 bridgehead atoms. The largest absolute Gasteiger partial charge is 0.293 e. The SMILES string of the molecule is C/C=C(C)\C=C(\C)C=NCCCCCc1ccc(-c2ccccc2)cc1. The summed E-state index contributed by atoms with van der Waals surface area (Å²) in [7, 11) is 0. The summed E-state index contributed by atoms with van der Waals surface area (Å²) in [6, 6.07) is 19.5. The van der Waals surface area contributed by atoms with Gasteiger partial charge in [0.05, 0.1) is 0 Å². The van der Waals surface area contributed by atoms with Crippen molar-refractivity contribution in [2.75, 3.05) is 6.54 Å². The van der Waals surface area contributed by atoms with E-state index in [0.29, 0.717) is 0 Å². The van der Waals surface area contributed by atoms with Crippen molar-refractivity contribution in [1.29, 1.82) is 0 Å². The molecular formula is C25H31N. The summed E-state index contributed by atoms with van der Waals surface area (Å²) in [5.74, 6) is 0. The van der Waals surface area contributed by atoms with Gasteiger partial charge >= 0.3 is 0 Å². The number of benzene rings is 2. The summed E-state index contributed by atoms with van der Waals surface area (Å²) in [4.78, 5) is 4.53. The lowest BCUT2D eigenvalue weighted by Gasteiger charge is -2.04. The first-order valence-electron chi connectivity index (χ1n) is 9.64.